The first-order valence-corrected chi connectivity index (χ1v) is 14.2. The van der Waals surface area contributed by atoms with E-state index in [0.717, 1.165) is 44.0 Å². The Hall–Kier alpha value is -4.00. The average Bonchev–Trinajstić information content (AvgIpc) is 2.98. The summed E-state index contributed by atoms with van der Waals surface area (Å²) in [4.78, 5) is 21.2. The predicted octanol–water partition coefficient (Wildman–Crippen LogP) is 4.65. The number of rotatable bonds is 17. The highest BCUT2D eigenvalue weighted by Gasteiger charge is 2.10. The van der Waals surface area contributed by atoms with E-state index < -0.39 is 12.1 Å². The van der Waals surface area contributed by atoms with Gasteiger partial charge in [0, 0.05) is 37.0 Å². The number of carboxylic acids is 1. The van der Waals surface area contributed by atoms with E-state index in [4.69, 9.17) is 19.4 Å². The van der Waals surface area contributed by atoms with Crippen LogP contribution in [0, 0.1) is 0 Å². The molecule has 0 unspecified atom stereocenters. The van der Waals surface area contributed by atoms with Gasteiger partial charge in [-0.15, -0.1) is 0 Å². The molecular formula is C32H43N3O8. The van der Waals surface area contributed by atoms with Crippen LogP contribution < -0.4 is 16.0 Å². The Morgan fingerprint density at radius 1 is 0.837 bits per heavy atom. The Morgan fingerprint density at radius 2 is 1.53 bits per heavy atom. The van der Waals surface area contributed by atoms with Crippen molar-refractivity contribution in [3.63, 3.8) is 0 Å². The van der Waals surface area contributed by atoms with E-state index >= 15 is 0 Å². The number of aliphatic carboxylic acids is 1. The number of anilines is 2. The van der Waals surface area contributed by atoms with Gasteiger partial charge in [0.25, 0.3) is 5.97 Å². The van der Waals surface area contributed by atoms with Gasteiger partial charge in [0.15, 0.2) is 0 Å². The topological polar surface area (TPSA) is 170 Å². The molecule has 0 spiro atoms. The molecule has 11 heteroatoms. The molecule has 0 saturated heterocycles. The highest BCUT2D eigenvalue weighted by atomic mass is 16.5. The lowest BCUT2D eigenvalue weighted by atomic mass is 10.1. The van der Waals surface area contributed by atoms with Crippen LogP contribution in [0.2, 0.25) is 0 Å². The maximum Gasteiger partial charge on any atom is 0.323 e. The smallest absolute Gasteiger partial charge is 0.323 e. The molecule has 3 aromatic rings. The molecule has 0 bridgehead atoms. The number of carbonyl (C=O) groups excluding carboxylic acids is 1. The minimum atomic E-state index is -0.833. The van der Waals surface area contributed by atoms with Gasteiger partial charge in [0.2, 0.25) is 0 Å². The average molecular weight is 598 g/mol. The van der Waals surface area contributed by atoms with Crippen LogP contribution >= 0.6 is 0 Å². The summed E-state index contributed by atoms with van der Waals surface area (Å²) in [5.41, 5.74) is 3.46. The third-order valence-corrected chi connectivity index (χ3v) is 6.00. The van der Waals surface area contributed by atoms with Crippen molar-refractivity contribution >= 4 is 23.4 Å². The summed E-state index contributed by atoms with van der Waals surface area (Å²) >= 11 is 0. The highest BCUT2D eigenvalue weighted by Crippen LogP contribution is 2.22. The standard InChI is InChI=1S/C30H39N3O6.C2H4O2/c34-21-25-19-24(12-13-28(25)35)29(36)20-31-14-5-2-6-15-38-16-17-39-22-23-8-7-11-27(18-23)33-30(37)32-26-9-3-1-4-10-26;1-2(3)4/h1,3-4,7-13,18-19,29,31,34-36H,2,5-6,14-17,20-22H2,(H2,32,33,37);1H3,(H,3,4)/t29-;/m0./s1. The van der Waals surface area contributed by atoms with Crippen molar-refractivity contribution in [1.29, 1.82) is 0 Å². The molecule has 0 aliphatic carbocycles. The van der Waals surface area contributed by atoms with E-state index in [-0.39, 0.29) is 18.4 Å². The fourth-order valence-electron chi connectivity index (χ4n) is 3.89. The second-order valence-electron chi connectivity index (χ2n) is 9.66. The molecular weight excluding hydrogens is 554 g/mol. The number of phenols is 1. The number of amides is 2. The number of para-hydroxylation sites is 1. The summed E-state index contributed by atoms with van der Waals surface area (Å²) < 4.78 is 11.3. The number of ether oxygens (including phenoxy) is 2. The van der Waals surface area contributed by atoms with Crippen molar-refractivity contribution in [3.8, 4) is 5.75 Å². The lowest BCUT2D eigenvalue weighted by Crippen LogP contribution is -2.22. The zero-order chi connectivity index (χ0) is 31.3. The summed E-state index contributed by atoms with van der Waals surface area (Å²) in [5.74, 6) is -0.806. The first kappa shape index (κ1) is 35.2. The number of nitrogens with one attached hydrogen (secondary N) is 3. The first-order valence-electron chi connectivity index (χ1n) is 14.2. The monoisotopic (exact) mass is 597 g/mol. The SMILES string of the molecule is CC(=O)O.O=C(Nc1ccccc1)Nc1cccc(COCCOCCCCCNC[C@H](O)c2ccc(O)c(CO)c2)c1. The fourth-order valence-corrected chi connectivity index (χ4v) is 3.89. The van der Waals surface area contributed by atoms with E-state index in [1.165, 1.54) is 6.07 Å². The number of benzene rings is 3. The van der Waals surface area contributed by atoms with Gasteiger partial charge in [-0.2, -0.15) is 0 Å². The molecule has 43 heavy (non-hydrogen) atoms. The normalized spacial score (nSPS) is 11.2. The Morgan fingerprint density at radius 3 is 2.28 bits per heavy atom. The van der Waals surface area contributed by atoms with E-state index in [1.807, 2.05) is 54.6 Å². The summed E-state index contributed by atoms with van der Waals surface area (Å²) in [6, 6.07) is 21.3. The number of aromatic hydroxyl groups is 1. The van der Waals surface area contributed by atoms with Gasteiger partial charge >= 0.3 is 6.03 Å². The van der Waals surface area contributed by atoms with Crippen LogP contribution in [0.15, 0.2) is 72.8 Å². The molecule has 2 amide bonds. The molecule has 0 radical (unpaired) electrons. The maximum atomic E-state index is 12.2. The molecule has 1 atom stereocenters. The Labute approximate surface area is 252 Å². The number of carboxylic acid groups (broad SMARTS) is 1. The summed E-state index contributed by atoms with van der Waals surface area (Å²) in [5, 5.41) is 45.4. The first-order chi connectivity index (χ1) is 20.8. The molecule has 0 aliphatic heterocycles. The molecule has 7 N–H and O–H groups in total. The van der Waals surface area contributed by atoms with Crippen molar-refractivity contribution in [2.24, 2.45) is 0 Å². The second kappa shape index (κ2) is 20.8. The molecule has 0 heterocycles. The van der Waals surface area contributed by atoms with Gasteiger partial charge in [-0.25, -0.2) is 4.79 Å². The zero-order valence-corrected chi connectivity index (χ0v) is 24.5. The Balaban J connectivity index is 0.00000151. The molecule has 0 fully saturated rings. The van der Waals surface area contributed by atoms with Gasteiger partial charge < -0.3 is 45.9 Å². The van der Waals surface area contributed by atoms with Crippen LogP contribution in [0.25, 0.3) is 0 Å². The number of hydrogen-bond donors (Lipinski definition) is 7. The molecule has 11 nitrogen and oxygen atoms in total. The van der Waals surface area contributed by atoms with E-state index in [1.54, 1.807) is 12.1 Å². The highest BCUT2D eigenvalue weighted by molar-refractivity contribution is 5.99. The number of hydrogen-bond acceptors (Lipinski definition) is 8. The number of carbonyl (C=O) groups is 2. The number of unbranched alkanes of at least 4 members (excludes halogenated alkanes) is 2. The van der Waals surface area contributed by atoms with Gasteiger partial charge in [0.1, 0.15) is 5.75 Å². The van der Waals surface area contributed by atoms with Crippen molar-refractivity contribution in [2.75, 3.05) is 43.5 Å². The summed E-state index contributed by atoms with van der Waals surface area (Å²) in [6.45, 7) is 4.11. The van der Waals surface area contributed by atoms with E-state index in [2.05, 4.69) is 16.0 Å². The third-order valence-electron chi connectivity index (χ3n) is 6.00. The Kier molecular flexibility index (Phi) is 17.0. The van der Waals surface area contributed by atoms with Crippen LogP contribution in [0.3, 0.4) is 0 Å². The molecule has 3 rings (SSSR count). The minimum Gasteiger partial charge on any atom is -0.508 e. The predicted molar refractivity (Wildman–Crippen MR) is 165 cm³/mol. The molecule has 0 saturated carbocycles. The minimum absolute atomic E-state index is 0.0277. The molecule has 0 aliphatic rings. The second-order valence-corrected chi connectivity index (χ2v) is 9.66. The molecule has 234 valence electrons. The third kappa shape index (κ3) is 15.7. The number of aliphatic hydroxyl groups is 2. The summed E-state index contributed by atoms with van der Waals surface area (Å²) in [7, 11) is 0. The van der Waals surface area contributed by atoms with Gasteiger partial charge in [-0.05, 0) is 73.3 Å². The van der Waals surface area contributed by atoms with Crippen molar-refractivity contribution in [1.82, 2.24) is 5.32 Å². The van der Waals surface area contributed by atoms with Gasteiger partial charge in [0.05, 0.1) is 32.5 Å². The largest absolute Gasteiger partial charge is 0.508 e. The van der Waals surface area contributed by atoms with Crippen molar-refractivity contribution in [3.05, 3.63) is 89.5 Å². The van der Waals surface area contributed by atoms with Crippen LogP contribution in [-0.2, 0) is 27.5 Å². The van der Waals surface area contributed by atoms with Gasteiger partial charge in [-0.3, -0.25) is 4.79 Å². The van der Waals surface area contributed by atoms with Crippen LogP contribution in [-0.4, -0.2) is 65.3 Å². The lowest BCUT2D eigenvalue weighted by Gasteiger charge is -2.14. The molecule has 3 aromatic carbocycles. The summed E-state index contributed by atoms with van der Waals surface area (Å²) in [6.07, 6.45) is 2.23. The molecule has 0 aromatic heterocycles. The van der Waals surface area contributed by atoms with Crippen molar-refractivity contribution in [2.45, 2.75) is 45.5 Å². The van der Waals surface area contributed by atoms with Gasteiger partial charge in [-0.1, -0.05) is 36.4 Å². The fraction of sp³-hybridized carbons (Fsp3) is 0.375. The van der Waals surface area contributed by atoms with E-state index in [0.29, 0.717) is 49.8 Å². The zero-order valence-electron chi connectivity index (χ0n) is 24.5. The van der Waals surface area contributed by atoms with Crippen LogP contribution in [0.5, 0.6) is 5.75 Å². The van der Waals surface area contributed by atoms with Crippen LogP contribution in [0.4, 0.5) is 16.2 Å². The van der Waals surface area contributed by atoms with Crippen molar-refractivity contribution < 1.29 is 39.5 Å². The Bertz CT molecular complexity index is 1220. The number of urea groups is 1. The number of aliphatic hydroxyl groups excluding tert-OH is 2. The van der Waals surface area contributed by atoms with Crippen LogP contribution in [0.1, 0.15) is 49.0 Å². The van der Waals surface area contributed by atoms with E-state index in [9.17, 15) is 20.1 Å². The maximum absolute atomic E-state index is 12.2. The quantitative estimate of drug-likeness (QED) is 0.110. The lowest BCUT2D eigenvalue weighted by molar-refractivity contribution is -0.134.